The lowest BCUT2D eigenvalue weighted by molar-refractivity contribution is -0.127. The zero-order chi connectivity index (χ0) is 15.1. The Kier molecular flexibility index (Phi) is 6.67. The largest absolute Gasteiger partial charge is 0.350 e. The van der Waals surface area contributed by atoms with Crippen molar-refractivity contribution in [2.75, 3.05) is 6.54 Å². The van der Waals surface area contributed by atoms with Crippen LogP contribution in [0.15, 0.2) is 28.7 Å². The van der Waals surface area contributed by atoms with Crippen molar-refractivity contribution in [2.24, 2.45) is 11.7 Å². The molecule has 0 radical (unpaired) electrons. The van der Waals surface area contributed by atoms with Gasteiger partial charge in [-0.2, -0.15) is 0 Å². The third-order valence-corrected chi connectivity index (χ3v) is 3.32. The second-order valence-electron chi connectivity index (χ2n) is 4.89. The first kappa shape index (κ1) is 16.7. The van der Waals surface area contributed by atoms with Crippen LogP contribution in [0, 0.1) is 5.92 Å². The third-order valence-electron chi connectivity index (χ3n) is 2.82. The average Bonchev–Trinajstić information content (AvgIpc) is 2.41. The van der Waals surface area contributed by atoms with Gasteiger partial charge < -0.3 is 16.4 Å². The molecule has 110 valence electrons. The van der Waals surface area contributed by atoms with Crippen LogP contribution in [0.25, 0.3) is 0 Å². The van der Waals surface area contributed by atoms with Gasteiger partial charge in [0.2, 0.25) is 11.8 Å². The number of halogens is 1. The molecule has 0 spiro atoms. The quantitative estimate of drug-likeness (QED) is 0.726. The Balaban J connectivity index is 2.32. The molecule has 0 unspecified atom stereocenters. The molecule has 0 aromatic heterocycles. The van der Waals surface area contributed by atoms with Crippen molar-refractivity contribution in [3.05, 3.63) is 34.3 Å². The third kappa shape index (κ3) is 5.71. The molecule has 2 amide bonds. The van der Waals surface area contributed by atoms with Crippen molar-refractivity contribution < 1.29 is 9.59 Å². The number of benzene rings is 1. The lowest BCUT2D eigenvalue weighted by atomic mass is 10.1. The number of carbonyl (C=O) groups excluding carboxylic acids is 2. The molecule has 0 saturated carbocycles. The predicted octanol–water partition coefficient (Wildman–Crippen LogP) is 1.16. The second-order valence-corrected chi connectivity index (χ2v) is 5.81. The summed E-state index contributed by atoms with van der Waals surface area (Å²) in [5, 5.41) is 5.26. The van der Waals surface area contributed by atoms with Gasteiger partial charge in [0, 0.05) is 11.0 Å². The molecule has 0 aliphatic rings. The van der Waals surface area contributed by atoms with Gasteiger partial charge in [-0.15, -0.1) is 0 Å². The first-order chi connectivity index (χ1) is 9.40. The summed E-state index contributed by atoms with van der Waals surface area (Å²) < 4.78 is 0.959. The molecule has 1 aromatic carbocycles. The molecule has 0 saturated heterocycles. The van der Waals surface area contributed by atoms with E-state index in [0.29, 0.717) is 6.54 Å². The number of amides is 2. The Bertz CT molecular complexity index is 477. The summed E-state index contributed by atoms with van der Waals surface area (Å²) in [7, 11) is 0. The number of rotatable bonds is 6. The van der Waals surface area contributed by atoms with Crippen LogP contribution >= 0.6 is 15.9 Å². The smallest absolute Gasteiger partial charge is 0.239 e. The van der Waals surface area contributed by atoms with Gasteiger partial charge in [-0.05, 0) is 23.6 Å². The van der Waals surface area contributed by atoms with Crippen LogP contribution in [0.1, 0.15) is 19.4 Å². The van der Waals surface area contributed by atoms with Gasteiger partial charge in [-0.1, -0.05) is 41.9 Å². The maximum atomic E-state index is 11.6. The van der Waals surface area contributed by atoms with Gasteiger partial charge in [0.1, 0.15) is 0 Å². The fourth-order valence-corrected chi connectivity index (χ4v) is 1.94. The zero-order valence-electron chi connectivity index (χ0n) is 11.7. The van der Waals surface area contributed by atoms with E-state index < -0.39 is 6.04 Å². The highest BCUT2D eigenvalue weighted by atomic mass is 79.9. The van der Waals surface area contributed by atoms with Gasteiger partial charge >= 0.3 is 0 Å². The molecule has 1 aromatic rings. The summed E-state index contributed by atoms with van der Waals surface area (Å²) in [6.45, 7) is 4.08. The minimum Gasteiger partial charge on any atom is -0.350 e. The Hall–Kier alpha value is -1.40. The standard InChI is InChI=1S/C14H20BrN3O2/c1-9(2)13(16)14(20)18-8-12(19)17-7-10-4-3-5-11(15)6-10/h3-6,9,13H,7-8,16H2,1-2H3,(H,17,19)(H,18,20)/t13-/m0/s1. The zero-order valence-corrected chi connectivity index (χ0v) is 13.2. The summed E-state index contributed by atoms with van der Waals surface area (Å²) >= 11 is 3.36. The van der Waals surface area contributed by atoms with E-state index in [1.54, 1.807) is 0 Å². The van der Waals surface area contributed by atoms with Crippen LogP contribution < -0.4 is 16.4 Å². The first-order valence-electron chi connectivity index (χ1n) is 6.44. The van der Waals surface area contributed by atoms with E-state index >= 15 is 0 Å². The van der Waals surface area contributed by atoms with Crippen molar-refractivity contribution in [1.29, 1.82) is 0 Å². The molecule has 5 nitrogen and oxygen atoms in total. The van der Waals surface area contributed by atoms with E-state index in [0.717, 1.165) is 10.0 Å². The Morgan fingerprint density at radius 1 is 1.30 bits per heavy atom. The summed E-state index contributed by atoms with van der Waals surface area (Å²) in [5.41, 5.74) is 6.66. The van der Waals surface area contributed by atoms with Gasteiger partial charge in [0.15, 0.2) is 0 Å². The Morgan fingerprint density at radius 3 is 2.60 bits per heavy atom. The minimum atomic E-state index is -0.590. The van der Waals surface area contributed by atoms with Crippen LogP contribution in [0.2, 0.25) is 0 Å². The molecule has 4 N–H and O–H groups in total. The van der Waals surface area contributed by atoms with Crippen molar-refractivity contribution in [1.82, 2.24) is 10.6 Å². The minimum absolute atomic E-state index is 0.0414. The molecule has 1 atom stereocenters. The fraction of sp³-hybridized carbons (Fsp3) is 0.429. The lowest BCUT2D eigenvalue weighted by Crippen LogP contribution is -2.47. The summed E-state index contributed by atoms with van der Waals surface area (Å²) in [6, 6.07) is 7.06. The number of nitrogens with one attached hydrogen (secondary N) is 2. The highest BCUT2D eigenvalue weighted by Crippen LogP contribution is 2.11. The maximum Gasteiger partial charge on any atom is 0.239 e. The SMILES string of the molecule is CC(C)[C@H](N)C(=O)NCC(=O)NCc1cccc(Br)c1. The predicted molar refractivity (Wildman–Crippen MR) is 81.8 cm³/mol. The van der Waals surface area contributed by atoms with Gasteiger partial charge in [-0.3, -0.25) is 9.59 Å². The van der Waals surface area contributed by atoms with Gasteiger partial charge in [0.25, 0.3) is 0 Å². The maximum absolute atomic E-state index is 11.6. The van der Waals surface area contributed by atoms with Crippen LogP contribution in [0.5, 0.6) is 0 Å². The molecule has 0 aliphatic carbocycles. The molecule has 1 rings (SSSR count). The molecular weight excluding hydrogens is 322 g/mol. The lowest BCUT2D eigenvalue weighted by Gasteiger charge is -2.15. The van der Waals surface area contributed by atoms with Crippen LogP contribution in [-0.2, 0) is 16.1 Å². The van der Waals surface area contributed by atoms with Crippen molar-refractivity contribution in [2.45, 2.75) is 26.4 Å². The Morgan fingerprint density at radius 2 is 2.00 bits per heavy atom. The van der Waals surface area contributed by atoms with E-state index in [-0.39, 0.29) is 24.3 Å². The topological polar surface area (TPSA) is 84.2 Å². The summed E-state index contributed by atoms with van der Waals surface area (Å²) in [5.74, 6) is -0.508. The van der Waals surface area contributed by atoms with Gasteiger partial charge in [-0.25, -0.2) is 0 Å². The van der Waals surface area contributed by atoms with Crippen molar-refractivity contribution >= 4 is 27.7 Å². The van der Waals surface area contributed by atoms with E-state index in [1.165, 1.54) is 0 Å². The van der Waals surface area contributed by atoms with E-state index in [1.807, 2.05) is 38.1 Å². The molecule has 0 bridgehead atoms. The fourth-order valence-electron chi connectivity index (χ4n) is 1.50. The van der Waals surface area contributed by atoms with Gasteiger partial charge in [0.05, 0.1) is 12.6 Å². The number of hydrogen-bond donors (Lipinski definition) is 3. The number of hydrogen-bond acceptors (Lipinski definition) is 3. The molecule has 6 heteroatoms. The second kappa shape index (κ2) is 8.01. The van der Waals surface area contributed by atoms with Crippen LogP contribution in [-0.4, -0.2) is 24.4 Å². The molecule has 0 fully saturated rings. The van der Waals surface area contributed by atoms with E-state index in [4.69, 9.17) is 5.73 Å². The van der Waals surface area contributed by atoms with Crippen molar-refractivity contribution in [3.63, 3.8) is 0 Å². The molecule has 0 heterocycles. The molecule has 0 aliphatic heterocycles. The monoisotopic (exact) mass is 341 g/mol. The highest BCUT2D eigenvalue weighted by molar-refractivity contribution is 9.10. The first-order valence-corrected chi connectivity index (χ1v) is 7.24. The number of nitrogens with two attached hydrogens (primary N) is 1. The normalized spacial score (nSPS) is 12.1. The summed E-state index contributed by atoms with van der Waals surface area (Å²) in [4.78, 5) is 23.2. The number of carbonyl (C=O) groups is 2. The van der Waals surface area contributed by atoms with E-state index in [2.05, 4.69) is 26.6 Å². The summed E-state index contributed by atoms with van der Waals surface area (Å²) in [6.07, 6.45) is 0. The average molecular weight is 342 g/mol. The van der Waals surface area contributed by atoms with E-state index in [9.17, 15) is 9.59 Å². The Labute approximate surface area is 127 Å². The highest BCUT2D eigenvalue weighted by Gasteiger charge is 2.17. The van der Waals surface area contributed by atoms with Crippen molar-refractivity contribution in [3.8, 4) is 0 Å². The van der Waals surface area contributed by atoms with Crippen LogP contribution in [0.4, 0.5) is 0 Å². The van der Waals surface area contributed by atoms with Crippen LogP contribution in [0.3, 0.4) is 0 Å². The molecule has 20 heavy (non-hydrogen) atoms. The molecular formula is C14H20BrN3O2.